The van der Waals surface area contributed by atoms with Crippen molar-refractivity contribution in [1.29, 1.82) is 0 Å². The van der Waals surface area contributed by atoms with Gasteiger partial charge in [-0.2, -0.15) is 5.10 Å². The topological polar surface area (TPSA) is 157 Å². The van der Waals surface area contributed by atoms with Gasteiger partial charge in [0.05, 0.1) is 32.1 Å². The van der Waals surface area contributed by atoms with Crippen molar-refractivity contribution in [2.24, 2.45) is 5.10 Å². The molecule has 4 aromatic rings. The Hall–Kier alpha value is -4.58. The molecular weight excluding hydrogens is 524 g/mol. The Morgan fingerprint density at radius 1 is 1.17 bits per heavy atom. The third kappa shape index (κ3) is 5.01. The Morgan fingerprint density at radius 2 is 1.89 bits per heavy atom. The first kappa shape index (κ1) is 23.6. The number of ether oxygens (including phenoxy) is 1. The van der Waals surface area contributed by atoms with Crippen LogP contribution in [-0.2, 0) is 6.61 Å². The molecule has 0 aliphatic carbocycles. The number of aromatic carboxylic acids is 1. The van der Waals surface area contributed by atoms with Crippen molar-refractivity contribution in [2.75, 3.05) is 0 Å². The Balaban J connectivity index is 1.63. The Labute approximate surface area is 204 Å². The number of nitro benzene ring substituents is 1. The molecule has 2 N–H and O–H groups in total. The van der Waals surface area contributed by atoms with Gasteiger partial charge < -0.3 is 14.8 Å². The number of halogens is 1. The van der Waals surface area contributed by atoms with Crippen LogP contribution in [0.2, 0.25) is 0 Å². The molecule has 0 saturated carbocycles. The van der Waals surface area contributed by atoms with Crippen LogP contribution in [0, 0.1) is 10.1 Å². The van der Waals surface area contributed by atoms with Crippen LogP contribution in [0.4, 0.5) is 5.69 Å². The Morgan fingerprint density at radius 3 is 2.57 bits per heavy atom. The first-order valence-electron chi connectivity index (χ1n) is 9.96. The predicted octanol–water partition coefficient (Wildman–Crippen LogP) is 3.52. The van der Waals surface area contributed by atoms with Gasteiger partial charge in [0.15, 0.2) is 0 Å². The van der Waals surface area contributed by atoms with Crippen LogP contribution in [0.3, 0.4) is 0 Å². The number of aromatic nitrogens is 2. The Bertz CT molecular complexity index is 1610. The van der Waals surface area contributed by atoms with E-state index in [9.17, 15) is 24.5 Å². The summed E-state index contributed by atoms with van der Waals surface area (Å²) in [6, 6.07) is 15.0. The second-order valence-corrected chi connectivity index (χ2v) is 8.09. The van der Waals surface area contributed by atoms with E-state index in [0.717, 1.165) is 6.21 Å². The molecule has 11 nitrogen and oxygen atoms in total. The summed E-state index contributed by atoms with van der Waals surface area (Å²) in [4.78, 5) is 49.4. The molecule has 0 amide bonds. The lowest BCUT2D eigenvalue weighted by molar-refractivity contribution is -0.386. The van der Waals surface area contributed by atoms with Crippen molar-refractivity contribution in [1.82, 2.24) is 9.66 Å². The number of carbonyl (C=O) groups is 1. The minimum Gasteiger partial charge on any atom is -0.481 e. The van der Waals surface area contributed by atoms with Gasteiger partial charge in [-0.1, -0.05) is 24.3 Å². The van der Waals surface area contributed by atoms with Crippen molar-refractivity contribution < 1.29 is 19.6 Å². The van der Waals surface area contributed by atoms with Crippen LogP contribution in [0.5, 0.6) is 5.75 Å². The summed E-state index contributed by atoms with van der Waals surface area (Å²) >= 11 is 3.25. The van der Waals surface area contributed by atoms with Crippen molar-refractivity contribution in [3.05, 3.63) is 113 Å². The molecule has 0 radical (unpaired) electrons. The largest absolute Gasteiger partial charge is 0.481 e. The molecule has 4 rings (SSSR count). The third-order valence-electron chi connectivity index (χ3n) is 4.93. The fourth-order valence-electron chi connectivity index (χ4n) is 3.23. The van der Waals surface area contributed by atoms with E-state index in [1.54, 1.807) is 36.4 Å². The summed E-state index contributed by atoms with van der Waals surface area (Å²) in [6.45, 7) is -0.0470. The molecule has 12 heteroatoms. The third-order valence-corrected chi connectivity index (χ3v) is 5.52. The van der Waals surface area contributed by atoms with Gasteiger partial charge in [0.25, 0.3) is 5.56 Å². The molecular formula is C23H15BrN4O7. The number of nitrogens with one attached hydrogen (secondary N) is 1. The van der Waals surface area contributed by atoms with E-state index in [1.807, 2.05) is 0 Å². The minimum absolute atomic E-state index is 0.0461. The number of carboxylic acids is 1. The van der Waals surface area contributed by atoms with Crippen molar-refractivity contribution in [3.8, 4) is 5.75 Å². The summed E-state index contributed by atoms with van der Waals surface area (Å²) in [6.07, 6.45) is 1.15. The number of carboxylic acid groups (broad SMARTS) is 1. The number of hydrogen-bond acceptors (Lipinski definition) is 7. The maximum Gasteiger partial charge on any atom is 0.349 e. The summed E-state index contributed by atoms with van der Waals surface area (Å²) in [7, 11) is 0. The van der Waals surface area contributed by atoms with Gasteiger partial charge in [0, 0.05) is 11.6 Å². The molecule has 0 aliphatic heterocycles. The van der Waals surface area contributed by atoms with E-state index < -0.39 is 22.1 Å². The maximum atomic E-state index is 12.6. The van der Waals surface area contributed by atoms with Gasteiger partial charge in [0.1, 0.15) is 6.61 Å². The molecule has 0 aliphatic rings. The summed E-state index contributed by atoms with van der Waals surface area (Å²) < 4.78 is 6.51. The van der Waals surface area contributed by atoms with Gasteiger partial charge in [-0.05, 0) is 51.8 Å². The molecule has 176 valence electrons. The smallest absolute Gasteiger partial charge is 0.349 e. The highest BCUT2D eigenvalue weighted by Gasteiger charge is 2.20. The molecule has 0 fully saturated rings. The molecule has 0 spiro atoms. The molecule has 35 heavy (non-hydrogen) atoms. The average Bonchev–Trinajstić information content (AvgIpc) is 2.83. The van der Waals surface area contributed by atoms with Gasteiger partial charge in [-0.3, -0.25) is 14.9 Å². The number of H-pyrrole nitrogens is 1. The maximum absolute atomic E-state index is 12.6. The van der Waals surface area contributed by atoms with Crippen LogP contribution >= 0.6 is 15.9 Å². The minimum atomic E-state index is -1.07. The number of nitrogens with zero attached hydrogens (tertiary/aromatic N) is 3. The number of hydrogen-bond donors (Lipinski definition) is 2. The van der Waals surface area contributed by atoms with Crippen LogP contribution in [0.1, 0.15) is 21.5 Å². The van der Waals surface area contributed by atoms with E-state index >= 15 is 0 Å². The highest BCUT2D eigenvalue weighted by atomic mass is 79.9. The fourth-order valence-corrected chi connectivity index (χ4v) is 3.82. The monoisotopic (exact) mass is 538 g/mol. The normalized spacial score (nSPS) is 11.1. The average molecular weight is 539 g/mol. The second-order valence-electron chi connectivity index (χ2n) is 7.24. The van der Waals surface area contributed by atoms with E-state index in [0.29, 0.717) is 15.8 Å². The predicted molar refractivity (Wildman–Crippen MR) is 130 cm³/mol. The molecule has 1 aromatic heterocycles. The van der Waals surface area contributed by atoms with Crippen molar-refractivity contribution >= 4 is 44.7 Å². The van der Waals surface area contributed by atoms with E-state index in [-0.39, 0.29) is 39.0 Å². The second kappa shape index (κ2) is 9.73. The van der Waals surface area contributed by atoms with Gasteiger partial charge in [-0.25, -0.2) is 9.59 Å². The first-order chi connectivity index (χ1) is 16.7. The van der Waals surface area contributed by atoms with Gasteiger partial charge in [0.2, 0.25) is 5.75 Å². The zero-order valence-electron chi connectivity index (χ0n) is 17.7. The van der Waals surface area contributed by atoms with Crippen LogP contribution < -0.4 is 16.0 Å². The Kier molecular flexibility index (Phi) is 6.55. The zero-order valence-corrected chi connectivity index (χ0v) is 19.3. The van der Waals surface area contributed by atoms with E-state index in [1.165, 1.54) is 24.3 Å². The zero-order chi connectivity index (χ0) is 25.1. The van der Waals surface area contributed by atoms with Crippen LogP contribution in [-0.4, -0.2) is 31.9 Å². The fraction of sp³-hybridized carbons (Fsp3) is 0.0435. The highest BCUT2D eigenvalue weighted by molar-refractivity contribution is 9.10. The lowest BCUT2D eigenvalue weighted by Crippen LogP contribution is -2.32. The molecule has 0 bridgehead atoms. The quantitative estimate of drug-likeness (QED) is 0.207. The molecule has 0 unspecified atom stereocenters. The molecule has 1 heterocycles. The van der Waals surface area contributed by atoms with Crippen molar-refractivity contribution in [2.45, 2.75) is 6.61 Å². The highest BCUT2D eigenvalue weighted by Crippen LogP contribution is 2.36. The summed E-state index contributed by atoms with van der Waals surface area (Å²) in [5.74, 6) is -1.11. The van der Waals surface area contributed by atoms with Crippen LogP contribution in [0.15, 0.2) is 79.8 Å². The molecule has 0 atom stereocenters. The van der Waals surface area contributed by atoms with Gasteiger partial charge in [-0.15, -0.1) is 4.68 Å². The number of benzene rings is 3. The van der Waals surface area contributed by atoms with Crippen LogP contribution in [0.25, 0.3) is 10.9 Å². The number of fused-ring (bicyclic) bond motifs is 1. The van der Waals surface area contributed by atoms with Gasteiger partial charge >= 0.3 is 17.3 Å². The van der Waals surface area contributed by atoms with E-state index in [4.69, 9.17) is 9.84 Å². The standard InChI is InChI=1S/C23H15BrN4O7/c24-17-9-14(11-25-27-21(29)16-3-1-2-4-18(16)26-23(27)32)10-19(28(33)34)20(17)35-12-13-5-7-15(8-6-13)22(30)31/h1-11H,12H2,(H,26,32)(H,30,31). The lowest BCUT2D eigenvalue weighted by atomic mass is 10.1. The molecule has 0 saturated heterocycles. The number of aromatic amines is 1. The molecule has 3 aromatic carbocycles. The van der Waals surface area contributed by atoms with Crippen molar-refractivity contribution in [3.63, 3.8) is 0 Å². The number of nitro groups is 1. The lowest BCUT2D eigenvalue weighted by Gasteiger charge is -2.10. The summed E-state index contributed by atoms with van der Waals surface area (Å²) in [5.41, 5.74) is -0.448. The SMILES string of the molecule is O=C(O)c1ccc(COc2c(Br)cc(C=Nn3c(=O)[nH]c4ccccc4c3=O)cc2[N+](=O)[O-])cc1. The summed E-state index contributed by atoms with van der Waals surface area (Å²) in [5, 5.41) is 24.8. The number of para-hydroxylation sites is 1. The number of rotatable bonds is 7. The first-order valence-corrected chi connectivity index (χ1v) is 10.8. The van der Waals surface area contributed by atoms with E-state index in [2.05, 4.69) is 26.0 Å².